The summed E-state index contributed by atoms with van der Waals surface area (Å²) in [6.07, 6.45) is 1.69. The molecular weight excluding hydrogens is 256 g/mol. The number of hydrogen-bond donors (Lipinski definition) is 0. The number of methoxy groups -OCH3 is 1. The summed E-state index contributed by atoms with van der Waals surface area (Å²) in [5.41, 5.74) is 2.10. The van der Waals surface area contributed by atoms with Crippen molar-refractivity contribution in [3.63, 3.8) is 0 Å². The second-order valence-electron chi connectivity index (χ2n) is 4.51. The minimum absolute atomic E-state index is 0.355. The molecule has 20 heavy (non-hydrogen) atoms. The van der Waals surface area contributed by atoms with Gasteiger partial charge in [-0.15, -0.1) is 0 Å². The number of carbonyl (C=O) groups excluding carboxylic acids is 2. The van der Waals surface area contributed by atoms with E-state index in [1.165, 1.54) is 21.0 Å². The van der Waals surface area contributed by atoms with Crippen molar-refractivity contribution in [1.29, 1.82) is 0 Å². The molecule has 0 unspecified atom stereocenters. The zero-order valence-corrected chi connectivity index (χ0v) is 11.9. The van der Waals surface area contributed by atoms with E-state index in [4.69, 9.17) is 4.74 Å². The van der Waals surface area contributed by atoms with Crippen molar-refractivity contribution in [2.75, 3.05) is 12.0 Å². The normalized spacial score (nSPS) is 10.4. The number of ether oxygens (including phenoxy) is 1. The molecule has 0 bridgehead atoms. The molecule has 0 saturated heterocycles. The molecule has 104 valence electrons. The van der Waals surface area contributed by atoms with E-state index >= 15 is 0 Å². The van der Waals surface area contributed by atoms with Gasteiger partial charge in [-0.05, 0) is 30.7 Å². The lowest BCUT2D eigenvalue weighted by Gasteiger charge is -2.22. The lowest BCUT2D eigenvalue weighted by atomic mass is 10.1. The van der Waals surface area contributed by atoms with Crippen molar-refractivity contribution in [3.05, 3.63) is 30.0 Å². The summed E-state index contributed by atoms with van der Waals surface area (Å²) in [6.45, 7) is 4.61. The molecule has 0 N–H and O–H groups in total. The number of fused-ring (bicyclic) bond motifs is 1. The summed E-state index contributed by atoms with van der Waals surface area (Å²) in [4.78, 5) is 29.1. The first-order chi connectivity index (χ1) is 9.47. The van der Waals surface area contributed by atoms with Crippen LogP contribution in [0.1, 0.15) is 19.4 Å². The van der Waals surface area contributed by atoms with Crippen LogP contribution in [0, 0.1) is 6.92 Å². The first kappa shape index (κ1) is 14.0. The topological polar surface area (TPSA) is 59.5 Å². The summed E-state index contributed by atoms with van der Waals surface area (Å²) in [7, 11) is 1.51. The average molecular weight is 272 g/mol. The van der Waals surface area contributed by atoms with Gasteiger partial charge in [0.25, 0.3) is 0 Å². The van der Waals surface area contributed by atoms with E-state index in [1.807, 2.05) is 19.1 Å². The maximum absolute atomic E-state index is 11.8. The molecule has 0 spiro atoms. The number of aromatic nitrogens is 1. The summed E-state index contributed by atoms with van der Waals surface area (Å²) < 4.78 is 5.32. The molecule has 0 fully saturated rings. The SMILES string of the molecule is COc1ccc2nccc(C)c2c1N(C(C)=O)C(C)=O. The van der Waals surface area contributed by atoms with Gasteiger partial charge in [0.15, 0.2) is 0 Å². The summed E-state index contributed by atoms with van der Waals surface area (Å²) >= 11 is 0. The molecule has 5 nitrogen and oxygen atoms in total. The molecule has 1 aromatic heterocycles. The van der Waals surface area contributed by atoms with E-state index in [0.29, 0.717) is 17.0 Å². The molecule has 2 aromatic rings. The van der Waals surface area contributed by atoms with Gasteiger partial charge in [0, 0.05) is 25.4 Å². The Morgan fingerprint density at radius 3 is 2.35 bits per heavy atom. The first-order valence-electron chi connectivity index (χ1n) is 6.21. The highest BCUT2D eigenvalue weighted by atomic mass is 16.5. The third kappa shape index (κ3) is 2.22. The fourth-order valence-corrected chi connectivity index (χ4v) is 2.29. The second kappa shape index (κ2) is 5.28. The van der Waals surface area contributed by atoms with Gasteiger partial charge < -0.3 is 4.74 Å². The van der Waals surface area contributed by atoms with E-state index < -0.39 is 0 Å². The third-order valence-corrected chi connectivity index (χ3v) is 3.12. The Balaban J connectivity index is 2.90. The van der Waals surface area contributed by atoms with Crippen LogP contribution < -0.4 is 9.64 Å². The smallest absolute Gasteiger partial charge is 0.230 e. The van der Waals surface area contributed by atoms with Crippen molar-refractivity contribution in [2.24, 2.45) is 0 Å². The molecule has 0 atom stereocenters. The molecule has 0 radical (unpaired) electrons. The highest BCUT2D eigenvalue weighted by molar-refractivity contribution is 6.19. The number of rotatable bonds is 2. The molecule has 5 heteroatoms. The van der Waals surface area contributed by atoms with E-state index in [9.17, 15) is 9.59 Å². The first-order valence-corrected chi connectivity index (χ1v) is 6.21. The third-order valence-electron chi connectivity index (χ3n) is 3.12. The van der Waals surface area contributed by atoms with E-state index in [-0.39, 0.29) is 11.8 Å². The predicted octanol–water partition coefficient (Wildman–Crippen LogP) is 2.45. The number of aryl methyl sites for hydroxylation is 1. The number of hydrogen-bond acceptors (Lipinski definition) is 4. The molecule has 0 aliphatic carbocycles. The predicted molar refractivity (Wildman–Crippen MR) is 76.9 cm³/mol. The van der Waals surface area contributed by atoms with Crippen molar-refractivity contribution < 1.29 is 14.3 Å². The van der Waals surface area contributed by atoms with Crippen molar-refractivity contribution >= 4 is 28.4 Å². The number of benzene rings is 1. The number of pyridine rings is 1. The van der Waals surface area contributed by atoms with Gasteiger partial charge in [-0.2, -0.15) is 0 Å². The monoisotopic (exact) mass is 272 g/mol. The van der Waals surface area contributed by atoms with Crippen molar-refractivity contribution in [3.8, 4) is 5.75 Å². The van der Waals surface area contributed by atoms with Gasteiger partial charge in [0.1, 0.15) is 11.4 Å². The van der Waals surface area contributed by atoms with Crippen LogP contribution in [0.3, 0.4) is 0 Å². The molecule has 1 aromatic carbocycles. The highest BCUT2D eigenvalue weighted by Gasteiger charge is 2.24. The van der Waals surface area contributed by atoms with Gasteiger partial charge in [-0.3, -0.25) is 14.6 Å². The minimum Gasteiger partial charge on any atom is -0.495 e. The van der Waals surface area contributed by atoms with Crippen LogP contribution in [-0.4, -0.2) is 23.9 Å². The van der Waals surface area contributed by atoms with Gasteiger partial charge in [-0.25, -0.2) is 4.90 Å². The quantitative estimate of drug-likeness (QED) is 0.842. The minimum atomic E-state index is -0.355. The van der Waals surface area contributed by atoms with Crippen LogP contribution in [-0.2, 0) is 9.59 Å². The van der Waals surface area contributed by atoms with Crippen LogP contribution in [0.4, 0.5) is 5.69 Å². The fraction of sp³-hybridized carbons (Fsp3) is 0.267. The average Bonchev–Trinajstić information content (AvgIpc) is 2.38. The second-order valence-corrected chi connectivity index (χ2v) is 4.51. The summed E-state index contributed by atoms with van der Waals surface area (Å²) in [5.74, 6) is -0.239. The van der Waals surface area contributed by atoms with Gasteiger partial charge in [-0.1, -0.05) is 0 Å². The Hall–Kier alpha value is -2.43. The lowest BCUT2D eigenvalue weighted by molar-refractivity contribution is -0.124. The van der Waals surface area contributed by atoms with E-state index in [1.54, 1.807) is 12.3 Å². The number of imide groups is 1. The van der Waals surface area contributed by atoms with Crippen LogP contribution in [0.2, 0.25) is 0 Å². The maximum atomic E-state index is 11.8. The van der Waals surface area contributed by atoms with Crippen LogP contribution in [0.25, 0.3) is 10.9 Å². The molecule has 2 rings (SSSR count). The Morgan fingerprint density at radius 2 is 1.80 bits per heavy atom. The molecule has 2 amide bonds. The number of amides is 2. The maximum Gasteiger partial charge on any atom is 0.230 e. The highest BCUT2D eigenvalue weighted by Crippen LogP contribution is 2.37. The lowest BCUT2D eigenvalue weighted by Crippen LogP contribution is -2.33. The van der Waals surface area contributed by atoms with Crippen molar-refractivity contribution in [2.45, 2.75) is 20.8 Å². The molecule has 0 saturated carbocycles. The van der Waals surface area contributed by atoms with Gasteiger partial charge >= 0.3 is 0 Å². The summed E-state index contributed by atoms with van der Waals surface area (Å²) in [6, 6.07) is 5.36. The zero-order chi connectivity index (χ0) is 14.9. The molecule has 1 heterocycles. The largest absolute Gasteiger partial charge is 0.495 e. The van der Waals surface area contributed by atoms with E-state index in [2.05, 4.69) is 4.98 Å². The number of nitrogens with zero attached hydrogens (tertiary/aromatic N) is 2. The molecule has 0 aliphatic rings. The Labute approximate surface area is 117 Å². The van der Waals surface area contributed by atoms with Gasteiger partial charge in [0.05, 0.1) is 12.6 Å². The number of anilines is 1. The fourth-order valence-electron chi connectivity index (χ4n) is 2.29. The van der Waals surface area contributed by atoms with Crippen LogP contribution in [0.5, 0.6) is 5.75 Å². The van der Waals surface area contributed by atoms with Gasteiger partial charge in [0.2, 0.25) is 11.8 Å². The van der Waals surface area contributed by atoms with Crippen LogP contribution in [0.15, 0.2) is 24.4 Å². The standard InChI is InChI=1S/C15H16N2O3/c1-9-7-8-16-12-5-6-13(20-4)15(14(9)12)17(10(2)18)11(3)19/h5-8H,1-4H3. The van der Waals surface area contributed by atoms with Crippen molar-refractivity contribution in [1.82, 2.24) is 4.98 Å². The number of carbonyl (C=O) groups is 2. The Bertz CT molecular complexity index is 681. The van der Waals surface area contributed by atoms with Crippen LogP contribution >= 0.6 is 0 Å². The summed E-state index contributed by atoms with van der Waals surface area (Å²) in [5, 5.41) is 0.747. The Morgan fingerprint density at radius 1 is 1.15 bits per heavy atom. The zero-order valence-electron chi connectivity index (χ0n) is 11.9. The van der Waals surface area contributed by atoms with E-state index in [0.717, 1.165) is 15.8 Å². The molecule has 0 aliphatic heterocycles. The molecular formula is C15H16N2O3. The Kier molecular flexibility index (Phi) is 3.70.